The highest BCUT2D eigenvalue weighted by Gasteiger charge is 2.25. The number of rotatable bonds is 30. The van der Waals surface area contributed by atoms with E-state index in [-0.39, 0.29) is 49.1 Å². The first kappa shape index (κ1) is 44.0. The number of carboxylic acids is 1. The third-order valence-electron chi connectivity index (χ3n) is 7.42. The van der Waals surface area contributed by atoms with Crippen LogP contribution in [0.3, 0.4) is 0 Å². The Hall–Kier alpha value is -2.97. The van der Waals surface area contributed by atoms with E-state index >= 15 is 0 Å². The number of carbonyl (C=O) groups excluding carboxylic acids is 3. The van der Waals surface area contributed by atoms with Gasteiger partial charge in [0.2, 0.25) is 0 Å². The van der Waals surface area contributed by atoms with Crippen LogP contribution >= 0.6 is 0 Å². The topological polar surface area (TPSA) is 102 Å². The van der Waals surface area contributed by atoms with Gasteiger partial charge in [0, 0.05) is 19.3 Å². The molecule has 8 heteroatoms. The van der Waals surface area contributed by atoms with Crippen LogP contribution in [0.2, 0.25) is 0 Å². The number of unbranched alkanes of at least 4 members (excludes halogenated alkanes) is 6. The molecule has 0 saturated heterocycles. The molecule has 0 aromatic rings. The lowest BCUT2D eigenvalue weighted by Gasteiger charge is -2.34. The molecule has 0 fully saturated rings. The van der Waals surface area contributed by atoms with Gasteiger partial charge in [0.25, 0.3) is 0 Å². The molecular weight excluding hydrogens is 594 g/mol. The van der Waals surface area contributed by atoms with Crippen LogP contribution in [0.1, 0.15) is 117 Å². The highest BCUT2D eigenvalue weighted by atomic mass is 16.6. The second-order valence-electron chi connectivity index (χ2n) is 12.7. The second kappa shape index (κ2) is 30.4. The van der Waals surface area contributed by atoms with Crippen molar-refractivity contribution in [2.24, 2.45) is 0 Å². The van der Waals surface area contributed by atoms with Gasteiger partial charge < -0.3 is 28.6 Å². The molecule has 0 rings (SSSR count). The number of allylic oxidation sites excluding steroid dienone is 10. The van der Waals surface area contributed by atoms with E-state index in [9.17, 15) is 19.5 Å². The van der Waals surface area contributed by atoms with Gasteiger partial charge in [-0.05, 0) is 51.4 Å². The van der Waals surface area contributed by atoms with Crippen molar-refractivity contribution in [1.82, 2.24) is 0 Å². The van der Waals surface area contributed by atoms with Crippen LogP contribution in [0.4, 0.5) is 0 Å². The normalized spacial score (nSPS) is 13.8. The third kappa shape index (κ3) is 28.9. The van der Waals surface area contributed by atoms with E-state index in [1.54, 1.807) is 21.1 Å². The Labute approximate surface area is 286 Å². The van der Waals surface area contributed by atoms with Gasteiger partial charge in [-0.3, -0.25) is 9.59 Å². The van der Waals surface area contributed by atoms with Gasteiger partial charge in [0.05, 0.1) is 40.3 Å². The summed E-state index contributed by atoms with van der Waals surface area (Å²) in [5.74, 6) is -1.83. The van der Waals surface area contributed by atoms with Gasteiger partial charge in [-0.2, -0.15) is 0 Å². The minimum Gasteiger partial charge on any atom is -0.544 e. The molecule has 0 bridgehead atoms. The van der Waals surface area contributed by atoms with Gasteiger partial charge in [-0.1, -0.05) is 107 Å². The van der Waals surface area contributed by atoms with Crippen LogP contribution in [0.5, 0.6) is 0 Å². The van der Waals surface area contributed by atoms with Crippen molar-refractivity contribution in [3.63, 3.8) is 0 Å². The molecule has 2 unspecified atom stereocenters. The largest absolute Gasteiger partial charge is 0.544 e. The zero-order chi connectivity index (χ0) is 35.0. The molecule has 0 radical (unpaired) electrons. The molecule has 0 aliphatic carbocycles. The number of carbonyl (C=O) groups is 3. The molecule has 2 atom stereocenters. The maximum absolute atomic E-state index is 12.6. The lowest BCUT2D eigenvalue weighted by atomic mass is 10.1. The van der Waals surface area contributed by atoms with E-state index in [1.807, 2.05) is 0 Å². The molecule has 0 N–H and O–H groups in total. The Morgan fingerprint density at radius 3 is 1.74 bits per heavy atom. The average molecular weight is 660 g/mol. The van der Waals surface area contributed by atoms with Crippen molar-refractivity contribution < 1.29 is 38.2 Å². The summed E-state index contributed by atoms with van der Waals surface area (Å²) < 4.78 is 16.9. The van der Waals surface area contributed by atoms with Crippen LogP contribution in [0.25, 0.3) is 0 Å². The van der Waals surface area contributed by atoms with Crippen molar-refractivity contribution in [2.75, 3.05) is 41.0 Å². The fourth-order valence-corrected chi connectivity index (χ4v) is 4.63. The maximum atomic E-state index is 12.6. The SMILES string of the molecule is CC/C=C\C/C=C\C/C=C\C/C=C\C/C=C\CCCC(=O)OC(COCCC(C(=O)[O-])[N+](C)(C)C)COC(=O)CCCCCCCC. The molecule has 47 heavy (non-hydrogen) atoms. The van der Waals surface area contributed by atoms with Gasteiger partial charge in [-0.15, -0.1) is 0 Å². The molecule has 0 heterocycles. The van der Waals surface area contributed by atoms with Crippen LogP contribution in [0, 0.1) is 0 Å². The zero-order valence-corrected chi connectivity index (χ0v) is 30.2. The third-order valence-corrected chi connectivity index (χ3v) is 7.42. The highest BCUT2D eigenvalue weighted by molar-refractivity contribution is 5.70. The smallest absolute Gasteiger partial charge is 0.306 e. The van der Waals surface area contributed by atoms with Crippen molar-refractivity contribution in [3.8, 4) is 0 Å². The number of carboxylic acid groups (broad SMARTS) is 1. The average Bonchev–Trinajstić information content (AvgIpc) is 3.01. The standard InChI is InChI=1S/C39H65NO7/c1-6-8-10-12-14-15-16-17-18-19-20-21-22-23-24-26-28-30-38(42)47-35(33-45-32-31-36(39(43)44)40(3,4)5)34-46-37(41)29-27-25-13-11-9-7-2/h8,10,14-15,17-18,20-21,23-24,35-36H,6-7,9,11-13,16,19,22,25-34H2,1-5H3/b10-8-,15-14-,18-17-,21-20-,24-23-. The molecule has 268 valence electrons. The molecule has 0 aliphatic heterocycles. The van der Waals surface area contributed by atoms with Crippen LogP contribution in [0.15, 0.2) is 60.8 Å². The summed E-state index contributed by atoms with van der Waals surface area (Å²) in [7, 11) is 5.36. The number of aliphatic carboxylic acids is 1. The van der Waals surface area contributed by atoms with Gasteiger partial charge in [-0.25, -0.2) is 0 Å². The van der Waals surface area contributed by atoms with E-state index in [0.717, 1.165) is 57.8 Å². The molecule has 0 spiro atoms. The summed E-state index contributed by atoms with van der Waals surface area (Å²) in [5.41, 5.74) is 0. The van der Waals surface area contributed by atoms with E-state index in [0.29, 0.717) is 12.8 Å². The van der Waals surface area contributed by atoms with Crippen LogP contribution in [-0.4, -0.2) is 75.5 Å². The predicted molar refractivity (Wildman–Crippen MR) is 189 cm³/mol. The number of nitrogens with zero attached hydrogens (tertiary/aromatic N) is 1. The van der Waals surface area contributed by atoms with E-state index in [4.69, 9.17) is 14.2 Å². The number of hydrogen-bond donors (Lipinski definition) is 0. The fraction of sp³-hybridized carbons (Fsp3) is 0.667. The quantitative estimate of drug-likeness (QED) is 0.0344. The summed E-state index contributed by atoms with van der Waals surface area (Å²) >= 11 is 0. The number of hydrogen-bond acceptors (Lipinski definition) is 7. The highest BCUT2D eigenvalue weighted by Crippen LogP contribution is 2.10. The van der Waals surface area contributed by atoms with E-state index in [2.05, 4.69) is 74.6 Å². The summed E-state index contributed by atoms with van der Waals surface area (Å²) in [4.78, 5) is 36.4. The Kier molecular flexibility index (Phi) is 28.4. The van der Waals surface area contributed by atoms with Crippen molar-refractivity contribution >= 4 is 17.9 Å². The number of likely N-dealkylation sites (N-methyl/N-ethyl adjacent to an activating group) is 1. The number of esters is 2. The molecular formula is C39H65NO7. The van der Waals surface area contributed by atoms with Crippen molar-refractivity contribution in [2.45, 2.75) is 129 Å². The van der Waals surface area contributed by atoms with E-state index < -0.39 is 18.1 Å². The maximum Gasteiger partial charge on any atom is 0.306 e. The molecule has 0 aromatic carbocycles. The number of ether oxygens (including phenoxy) is 3. The zero-order valence-electron chi connectivity index (χ0n) is 30.2. The summed E-state index contributed by atoms with van der Waals surface area (Å²) in [6.45, 7) is 4.38. The summed E-state index contributed by atoms with van der Waals surface area (Å²) in [5, 5.41) is 11.5. The fourth-order valence-electron chi connectivity index (χ4n) is 4.63. The monoisotopic (exact) mass is 659 g/mol. The molecule has 0 aliphatic rings. The lowest BCUT2D eigenvalue weighted by molar-refractivity contribution is -0.889. The molecule has 0 saturated carbocycles. The Bertz CT molecular complexity index is 959. The van der Waals surface area contributed by atoms with Gasteiger partial charge >= 0.3 is 11.9 Å². The lowest BCUT2D eigenvalue weighted by Crippen LogP contribution is -2.55. The van der Waals surface area contributed by atoms with Gasteiger partial charge in [0.15, 0.2) is 6.10 Å². The Balaban J connectivity index is 4.51. The Morgan fingerprint density at radius 1 is 0.660 bits per heavy atom. The van der Waals surface area contributed by atoms with Crippen molar-refractivity contribution in [1.29, 1.82) is 0 Å². The molecule has 0 aromatic heterocycles. The second-order valence-corrected chi connectivity index (χ2v) is 12.7. The summed E-state index contributed by atoms with van der Waals surface area (Å²) in [6, 6.07) is -0.734. The number of quaternary nitrogens is 1. The Morgan fingerprint density at radius 2 is 1.19 bits per heavy atom. The van der Waals surface area contributed by atoms with Crippen LogP contribution in [-0.2, 0) is 28.6 Å². The molecule has 8 nitrogen and oxygen atoms in total. The van der Waals surface area contributed by atoms with Crippen LogP contribution < -0.4 is 5.11 Å². The first-order valence-electron chi connectivity index (χ1n) is 17.8. The van der Waals surface area contributed by atoms with Crippen molar-refractivity contribution in [3.05, 3.63) is 60.8 Å². The summed E-state index contributed by atoms with van der Waals surface area (Å²) in [6.07, 6.45) is 34.2. The molecule has 0 amide bonds. The first-order valence-corrected chi connectivity index (χ1v) is 17.8. The van der Waals surface area contributed by atoms with E-state index in [1.165, 1.54) is 19.3 Å². The van der Waals surface area contributed by atoms with Gasteiger partial charge in [0.1, 0.15) is 12.6 Å². The minimum atomic E-state index is -1.14. The predicted octanol–water partition coefficient (Wildman–Crippen LogP) is 7.35. The minimum absolute atomic E-state index is 0.0156. The first-order chi connectivity index (χ1) is 22.6.